The van der Waals surface area contributed by atoms with E-state index in [-0.39, 0.29) is 0 Å². The van der Waals surface area contributed by atoms with Crippen LogP contribution in [0.5, 0.6) is 0 Å². The van der Waals surface area contributed by atoms with Crippen molar-refractivity contribution in [3.05, 3.63) is 18.3 Å². The van der Waals surface area contributed by atoms with Gasteiger partial charge in [-0.15, -0.1) is 5.10 Å². The number of nitrogens with one attached hydrogen (secondary N) is 1. The van der Waals surface area contributed by atoms with Gasteiger partial charge in [0.1, 0.15) is 5.82 Å². The van der Waals surface area contributed by atoms with Crippen molar-refractivity contribution in [1.82, 2.24) is 10.2 Å². The summed E-state index contributed by atoms with van der Waals surface area (Å²) in [6.45, 7) is 0.944. The largest absolute Gasteiger partial charge is 0.368 e. The SMILES string of the molecule is CSCCNc1cccnn1. The predicted octanol–water partition coefficient (Wildman–Crippen LogP) is 1.25. The van der Waals surface area contributed by atoms with Crippen LogP contribution in [0.15, 0.2) is 18.3 Å². The average Bonchev–Trinajstić information content (AvgIpc) is 2.07. The van der Waals surface area contributed by atoms with Crippen molar-refractivity contribution in [3.63, 3.8) is 0 Å². The lowest BCUT2D eigenvalue weighted by Crippen LogP contribution is -2.05. The Morgan fingerprint density at radius 1 is 1.64 bits per heavy atom. The van der Waals surface area contributed by atoms with Gasteiger partial charge in [0.05, 0.1) is 0 Å². The van der Waals surface area contributed by atoms with E-state index in [0.717, 1.165) is 18.1 Å². The summed E-state index contributed by atoms with van der Waals surface area (Å²) in [4.78, 5) is 0. The second kappa shape index (κ2) is 4.96. The molecule has 0 bridgehead atoms. The molecule has 1 rings (SSSR count). The van der Waals surface area contributed by atoms with E-state index in [9.17, 15) is 0 Å². The molecule has 4 heteroatoms. The maximum atomic E-state index is 3.88. The van der Waals surface area contributed by atoms with E-state index in [0.29, 0.717) is 0 Å². The fraction of sp³-hybridized carbons (Fsp3) is 0.429. The Balaban J connectivity index is 2.28. The van der Waals surface area contributed by atoms with Crippen molar-refractivity contribution in [2.75, 3.05) is 23.9 Å². The summed E-state index contributed by atoms with van der Waals surface area (Å²) in [5.41, 5.74) is 0. The van der Waals surface area contributed by atoms with Gasteiger partial charge in [-0.1, -0.05) is 0 Å². The van der Waals surface area contributed by atoms with E-state index in [1.54, 1.807) is 6.20 Å². The average molecular weight is 169 g/mol. The van der Waals surface area contributed by atoms with E-state index >= 15 is 0 Å². The molecule has 11 heavy (non-hydrogen) atoms. The van der Waals surface area contributed by atoms with Gasteiger partial charge >= 0.3 is 0 Å². The van der Waals surface area contributed by atoms with E-state index in [1.807, 2.05) is 23.9 Å². The molecule has 0 spiro atoms. The van der Waals surface area contributed by atoms with Crippen molar-refractivity contribution < 1.29 is 0 Å². The van der Waals surface area contributed by atoms with Gasteiger partial charge in [-0.25, -0.2) is 0 Å². The van der Waals surface area contributed by atoms with Gasteiger partial charge in [0.25, 0.3) is 0 Å². The highest BCUT2D eigenvalue weighted by Crippen LogP contribution is 1.98. The number of hydrogen-bond donors (Lipinski definition) is 1. The van der Waals surface area contributed by atoms with Crippen molar-refractivity contribution in [2.24, 2.45) is 0 Å². The number of rotatable bonds is 4. The van der Waals surface area contributed by atoms with Crippen LogP contribution in [0, 0.1) is 0 Å². The van der Waals surface area contributed by atoms with Crippen LogP contribution >= 0.6 is 11.8 Å². The minimum absolute atomic E-state index is 0.849. The fourth-order valence-electron chi connectivity index (χ4n) is 0.677. The molecular weight excluding hydrogens is 158 g/mol. The lowest BCUT2D eigenvalue weighted by Gasteiger charge is -2.00. The van der Waals surface area contributed by atoms with Crippen molar-refractivity contribution >= 4 is 17.6 Å². The zero-order valence-corrected chi connectivity index (χ0v) is 7.27. The van der Waals surface area contributed by atoms with Gasteiger partial charge in [0.2, 0.25) is 0 Å². The summed E-state index contributed by atoms with van der Waals surface area (Å²) in [5.74, 6) is 1.94. The first-order chi connectivity index (χ1) is 5.43. The number of aromatic nitrogens is 2. The van der Waals surface area contributed by atoms with Gasteiger partial charge in [0.15, 0.2) is 0 Å². The summed E-state index contributed by atoms with van der Waals surface area (Å²) < 4.78 is 0. The number of anilines is 1. The highest BCUT2D eigenvalue weighted by atomic mass is 32.2. The number of thioether (sulfide) groups is 1. The minimum atomic E-state index is 0.849. The molecule has 60 valence electrons. The van der Waals surface area contributed by atoms with Crippen LogP contribution in [0.2, 0.25) is 0 Å². The molecule has 0 saturated carbocycles. The Bertz CT molecular complexity index is 190. The molecule has 1 aromatic heterocycles. The molecule has 1 N–H and O–H groups in total. The fourth-order valence-corrected chi connectivity index (χ4v) is 0.983. The Kier molecular flexibility index (Phi) is 3.75. The van der Waals surface area contributed by atoms with Crippen molar-refractivity contribution in [1.29, 1.82) is 0 Å². The third-order valence-corrected chi connectivity index (χ3v) is 1.80. The molecule has 0 unspecified atom stereocenters. The molecule has 0 saturated heterocycles. The Hall–Kier alpha value is -0.770. The zero-order valence-electron chi connectivity index (χ0n) is 6.45. The van der Waals surface area contributed by atoms with E-state index in [1.165, 1.54) is 0 Å². The van der Waals surface area contributed by atoms with Crippen LogP contribution < -0.4 is 5.32 Å². The third kappa shape index (κ3) is 3.23. The first-order valence-electron chi connectivity index (χ1n) is 3.44. The lowest BCUT2D eigenvalue weighted by molar-refractivity contribution is 1.01. The Morgan fingerprint density at radius 2 is 2.55 bits per heavy atom. The second-order valence-corrected chi connectivity index (χ2v) is 3.01. The van der Waals surface area contributed by atoms with Crippen LogP contribution in [-0.2, 0) is 0 Å². The smallest absolute Gasteiger partial charge is 0.148 e. The number of nitrogens with zero attached hydrogens (tertiary/aromatic N) is 2. The van der Waals surface area contributed by atoms with Crippen molar-refractivity contribution in [3.8, 4) is 0 Å². The zero-order chi connectivity index (χ0) is 7.94. The van der Waals surface area contributed by atoms with E-state index in [4.69, 9.17) is 0 Å². The molecule has 1 aromatic rings. The molecule has 0 radical (unpaired) electrons. The standard InChI is InChI=1S/C7H11N3S/c1-11-6-5-8-7-3-2-4-9-10-7/h2-4H,5-6H2,1H3,(H,8,10). The monoisotopic (exact) mass is 169 g/mol. The molecule has 0 amide bonds. The molecule has 0 aliphatic rings. The highest BCUT2D eigenvalue weighted by molar-refractivity contribution is 7.98. The molecule has 0 aliphatic carbocycles. The first-order valence-corrected chi connectivity index (χ1v) is 4.83. The summed E-state index contributed by atoms with van der Waals surface area (Å²) in [7, 11) is 0. The van der Waals surface area contributed by atoms with Crippen LogP contribution in [-0.4, -0.2) is 28.8 Å². The topological polar surface area (TPSA) is 37.8 Å². The maximum Gasteiger partial charge on any atom is 0.148 e. The van der Waals surface area contributed by atoms with Crippen LogP contribution in [0.25, 0.3) is 0 Å². The number of hydrogen-bond acceptors (Lipinski definition) is 4. The van der Waals surface area contributed by atoms with E-state index < -0.39 is 0 Å². The van der Waals surface area contributed by atoms with Crippen LogP contribution in [0.3, 0.4) is 0 Å². The normalized spacial score (nSPS) is 9.55. The van der Waals surface area contributed by atoms with E-state index in [2.05, 4.69) is 21.8 Å². The Labute approximate surface area is 70.6 Å². The van der Waals surface area contributed by atoms with Gasteiger partial charge in [-0.05, 0) is 18.4 Å². The van der Waals surface area contributed by atoms with Gasteiger partial charge < -0.3 is 5.32 Å². The Morgan fingerprint density at radius 3 is 3.18 bits per heavy atom. The molecule has 0 fully saturated rings. The summed E-state index contributed by atoms with van der Waals surface area (Å²) in [6, 6.07) is 3.78. The van der Waals surface area contributed by atoms with Crippen LogP contribution in [0.1, 0.15) is 0 Å². The molecule has 0 atom stereocenters. The molecule has 0 aliphatic heterocycles. The first kappa shape index (κ1) is 8.33. The van der Waals surface area contributed by atoms with Gasteiger partial charge in [-0.2, -0.15) is 16.9 Å². The summed E-state index contributed by atoms with van der Waals surface area (Å²) >= 11 is 1.81. The lowest BCUT2D eigenvalue weighted by atomic mass is 10.5. The molecular formula is C7H11N3S. The third-order valence-electron chi connectivity index (χ3n) is 1.18. The molecule has 3 nitrogen and oxygen atoms in total. The highest BCUT2D eigenvalue weighted by Gasteiger charge is 1.88. The quantitative estimate of drug-likeness (QED) is 0.688. The van der Waals surface area contributed by atoms with Crippen molar-refractivity contribution in [2.45, 2.75) is 0 Å². The summed E-state index contributed by atoms with van der Waals surface area (Å²) in [5, 5.41) is 10.8. The second-order valence-electron chi connectivity index (χ2n) is 2.03. The van der Waals surface area contributed by atoms with Gasteiger partial charge in [-0.3, -0.25) is 0 Å². The molecule has 0 aromatic carbocycles. The molecule has 1 heterocycles. The van der Waals surface area contributed by atoms with Crippen LogP contribution in [0.4, 0.5) is 5.82 Å². The predicted molar refractivity (Wildman–Crippen MR) is 48.9 cm³/mol. The summed E-state index contributed by atoms with van der Waals surface area (Å²) in [6.07, 6.45) is 3.75. The minimum Gasteiger partial charge on any atom is -0.368 e. The van der Waals surface area contributed by atoms with Gasteiger partial charge in [0, 0.05) is 18.5 Å². The maximum absolute atomic E-state index is 3.88.